The van der Waals surface area contributed by atoms with Crippen molar-refractivity contribution in [1.82, 2.24) is 16.0 Å². The highest BCUT2D eigenvalue weighted by Gasteiger charge is 2.32. The van der Waals surface area contributed by atoms with Crippen molar-refractivity contribution in [2.75, 3.05) is 6.54 Å². The van der Waals surface area contributed by atoms with Gasteiger partial charge in [0.2, 0.25) is 17.7 Å². The maximum absolute atomic E-state index is 13.0. The molecule has 1 rings (SSSR count). The van der Waals surface area contributed by atoms with Crippen molar-refractivity contribution in [3.8, 4) is 5.75 Å². The van der Waals surface area contributed by atoms with Crippen LogP contribution in [-0.2, 0) is 35.2 Å². The van der Waals surface area contributed by atoms with Crippen LogP contribution in [0.5, 0.6) is 5.75 Å². The lowest BCUT2D eigenvalue weighted by molar-refractivity contribution is -0.143. The molecule has 13 N–H and O–H groups in total. The molecule has 0 fully saturated rings. The van der Waals surface area contributed by atoms with Crippen molar-refractivity contribution in [2.45, 2.75) is 62.7 Å². The number of hydrogen-bond donors (Lipinski definition) is 10. The Bertz CT molecular complexity index is 1120. The lowest BCUT2D eigenvalue weighted by atomic mass is 10.0. The molecule has 1 aromatic carbocycles. The molecule has 0 aliphatic rings. The van der Waals surface area contributed by atoms with E-state index in [1.807, 2.05) is 0 Å². The maximum Gasteiger partial charge on any atom is 0.326 e. The first-order valence-corrected chi connectivity index (χ1v) is 12.4. The van der Waals surface area contributed by atoms with Crippen LogP contribution in [0.3, 0.4) is 0 Å². The van der Waals surface area contributed by atoms with E-state index in [1.54, 1.807) is 0 Å². The number of benzene rings is 1. The molecule has 4 atom stereocenters. The van der Waals surface area contributed by atoms with Gasteiger partial charge in [-0.3, -0.25) is 29.0 Å². The van der Waals surface area contributed by atoms with E-state index < -0.39 is 79.1 Å². The predicted octanol–water partition coefficient (Wildman–Crippen LogP) is -2.81. The molecule has 41 heavy (non-hydrogen) atoms. The summed E-state index contributed by atoms with van der Waals surface area (Å²) in [5.41, 5.74) is 16.7. The summed E-state index contributed by atoms with van der Waals surface area (Å²) in [5, 5.41) is 43.8. The molecule has 0 radical (unpaired) electrons. The molecule has 0 saturated heterocycles. The Kier molecular flexibility index (Phi) is 14.1. The van der Waals surface area contributed by atoms with Crippen molar-refractivity contribution in [3.63, 3.8) is 0 Å². The molecule has 0 heterocycles. The minimum Gasteiger partial charge on any atom is -0.508 e. The average molecular weight is 582 g/mol. The standard InChI is InChI=1S/C24H35N7O10/c25-14(2-1-9-28-24(26)27)20(37)29-15(7-8-18(33)34)21(38)30-16(11-19(35)36)22(39)31-17(23(40)41)10-12-3-5-13(32)6-4-12/h3-6,14-17,32H,1-2,7-11,25H2,(H,29,37)(H,30,38)(H,31,39)(H,33,34)(H,35,36)(H,40,41)(H4,26,27,28). The highest BCUT2D eigenvalue weighted by Crippen LogP contribution is 2.12. The van der Waals surface area contributed by atoms with Crippen LogP contribution in [-0.4, -0.2) is 92.7 Å². The molecule has 0 aliphatic heterocycles. The molecular weight excluding hydrogens is 546 g/mol. The number of amides is 3. The molecule has 17 heteroatoms. The lowest BCUT2D eigenvalue weighted by Gasteiger charge is -2.24. The van der Waals surface area contributed by atoms with Crippen LogP contribution in [0.4, 0.5) is 0 Å². The van der Waals surface area contributed by atoms with Gasteiger partial charge in [-0.05, 0) is 37.0 Å². The number of nitrogens with zero attached hydrogens (tertiary/aromatic N) is 1. The first kappa shape index (κ1) is 34.1. The number of aliphatic imine (C=N–C) groups is 1. The van der Waals surface area contributed by atoms with Gasteiger partial charge in [-0.25, -0.2) is 4.79 Å². The normalized spacial score (nSPS) is 13.5. The Labute approximate surface area is 234 Å². The van der Waals surface area contributed by atoms with Gasteiger partial charge in [0.15, 0.2) is 5.96 Å². The van der Waals surface area contributed by atoms with Crippen molar-refractivity contribution < 1.29 is 49.2 Å². The minimum absolute atomic E-state index is 0.0645. The van der Waals surface area contributed by atoms with E-state index in [4.69, 9.17) is 22.3 Å². The number of aromatic hydroxyl groups is 1. The Balaban J connectivity index is 3.00. The number of hydrogen-bond acceptors (Lipinski definition) is 9. The number of guanidine groups is 1. The summed E-state index contributed by atoms with van der Waals surface area (Å²) in [7, 11) is 0. The van der Waals surface area contributed by atoms with E-state index in [-0.39, 0.29) is 31.1 Å². The van der Waals surface area contributed by atoms with Gasteiger partial charge in [0, 0.05) is 19.4 Å². The Morgan fingerprint density at radius 2 is 1.34 bits per heavy atom. The molecule has 4 unspecified atom stereocenters. The molecule has 0 spiro atoms. The largest absolute Gasteiger partial charge is 0.508 e. The van der Waals surface area contributed by atoms with Crippen LogP contribution in [0.15, 0.2) is 29.3 Å². The number of phenolic OH excluding ortho intramolecular Hbond substituents is 1. The zero-order chi connectivity index (χ0) is 31.1. The van der Waals surface area contributed by atoms with Crippen LogP contribution in [0.25, 0.3) is 0 Å². The zero-order valence-electron chi connectivity index (χ0n) is 22.0. The summed E-state index contributed by atoms with van der Waals surface area (Å²) in [6, 6.07) is -0.475. The summed E-state index contributed by atoms with van der Waals surface area (Å²) in [4.78, 5) is 76.4. The fourth-order valence-electron chi connectivity index (χ4n) is 3.46. The van der Waals surface area contributed by atoms with Gasteiger partial charge in [-0.2, -0.15) is 0 Å². The third kappa shape index (κ3) is 13.6. The SMILES string of the molecule is NC(N)=NCCCC(N)C(=O)NC(CCC(=O)O)C(=O)NC(CC(=O)O)C(=O)NC(Cc1ccc(O)cc1)C(=O)O. The molecule has 226 valence electrons. The molecule has 0 aromatic heterocycles. The number of aliphatic carboxylic acids is 3. The maximum atomic E-state index is 13.0. The average Bonchev–Trinajstić information content (AvgIpc) is 2.88. The van der Waals surface area contributed by atoms with Crippen LogP contribution in [0, 0.1) is 0 Å². The highest BCUT2D eigenvalue weighted by atomic mass is 16.4. The topological polar surface area (TPSA) is 310 Å². The van der Waals surface area contributed by atoms with Crippen molar-refractivity contribution in [3.05, 3.63) is 29.8 Å². The molecule has 1 aromatic rings. The summed E-state index contributed by atoms with van der Waals surface area (Å²) in [5.74, 6) is -7.52. The van der Waals surface area contributed by atoms with Crippen molar-refractivity contribution in [2.24, 2.45) is 22.2 Å². The predicted molar refractivity (Wildman–Crippen MR) is 142 cm³/mol. The number of carbonyl (C=O) groups excluding carboxylic acids is 3. The zero-order valence-corrected chi connectivity index (χ0v) is 22.0. The van der Waals surface area contributed by atoms with Crippen LogP contribution >= 0.6 is 0 Å². The van der Waals surface area contributed by atoms with Crippen LogP contribution in [0.1, 0.15) is 37.7 Å². The van der Waals surface area contributed by atoms with Gasteiger partial charge in [-0.15, -0.1) is 0 Å². The Morgan fingerprint density at radius 1 is 0.780 bits per heavy atom. The van der Waals surface area contributed by atoms with Crippen LogP contribution < -0.4 is 33.2 Å². The summed E-state index contributed by atoms with van der Waals surface area (Å²) in [6.07, 6.45) is -1.75. The van der Waals surface area contributed by atoms with E-state index in [0.717, 1.165) is 0 Å². The lowest BCUT2D eigenvalue weighted by Crippen LogP contribution is -2.57. The van der Waals surface area contributed by atoms with E-state index in [1.165, 1.54) is 24.3 Å². The second-order valence-electron chi connectivity index (χ2n) is 8.98. The van der Waals surface area contributed by atoms with E-state index in [0.29, 0.717) is 12.0 Å². The van der Waals surface area contributed by atoms with Crippen molar-refractivity contribution >= 4 is 41.6 Å². The molecule has 3 amide bonds. The van der Waals surface area contributed by atoms with Gasteiger partial charge >= 0.3 is 17.9 Å². The first-order valence-electron chi connectivity index (χ1n) is 12.4. The summed E-state index contributed by atoms with van der Waals surface area (Å²) < 4.78 is 0. The highest BCUT2D eigenvalue weighted by molar-refractivity contribution is 5.95. The fraction of sp³-hybridized carbons (Fsp3) is 0.458. The van der Waals surface area contributed by atoms with Gasteiger partial charge in [0.25, 0.3) is 0 Å². The first-order chi connectivity index (χ1) is 19.2. The second kappa shape index (κ2) is 16.9. The van der Waals surface area contributed by atoms with Gasteiger partial charge in [-0.1, -0.05) is 12.1 Å². The third-order valence-corrected chi connectivity index (χ3v) is 5.59. The van der Waals surface area contributed by atoms with Gasteiger partial charge < -0.3 is 53.6 Å². The molecule has 0 aliphatic carbocycles. The number of carboxylic acids is 3. The summed E-state index contributed by atoms with van der Waals surface area (Å²) in [6.45, 7) is 0.183. The van der Waals surface area contributed by atoms with Crippen molar-refractivity contribution in [1.29, 1.82) is 0 Å². The molecular formula is C24H35N7O10. The number of phenols is 1. The van der Waals surface area contributed by atoms with Crippen LogP contribution in [0.2, 0.25) is 0 Å². The molecule has 17 nitrogen and oxygen atoms in total. The Morgan fingerprint density at radius 3 is 1.88 bits per heavy atom. The van der Waals surface area contributed by atoms with Gasteiger partial charge in [0.05, 0.1) is 12.5 Å². The fourth-order valence-corrected chi connectivity index (χ4v) is 3.46. The smallest absolute Gasteiger partial charge is 0.326 e. The van der Waals surface area contributed by atoms with Gasteiger partial charge in [0.1, 0.15) is 23.9 Å². The van der Waals surface area contributed by atoms with E-state index in [2.05, 4.69) is 20.9 Å². The second-order valence-corrected chi connectivity index (χ2v) is 8.98. The third-order valence-electron chi connectivity index (χ3n) is 5.59. The minimum atomic E-state index is -1.78. The summed E-state index contributed by atoms with van der Waals surface area (Å²) >= 11 is 0. The molecule has 0 saturated carbocycles. The quantitative estimate of drug-likeness (QED) is 0.0476. The monoisotopic (exact) mass is 581 g/mol. The number of rotatable bonds is 18. The number of carboxylic acid groups (broad SMARTS) is 3. The van der Waals surface area contributed by atoms with E-state index >= 15 is 0 Å². The van der Waals surface area contributed by atoms with E-state index in [9.17, 15) is 44.1 Å². The number of nitrogens with one attached hydrogen (secondary N) is 3. The number of carbonyl (C=O) groups is 6. The Hall–Kier alpha value is -4.93. The molecule has 0 bridgehead atoms. The number of nitrogens with two attached hydrogens (primary N) is 3.